The molecule has 2 unspecified atom stereocenters. The number of benzene rings is 1. The van der Waals surface area contributed by atoms with Gasteiger partial charge in [0.2, 0.25) is 0 Å². The molecule has 1 aromatic rings. The molecule has 106 valence electrons. The maximum absolute atomic E-state index is 10.2. The second-order valence-electron chi connectivity index (χ2n) is 4.98. The number of halogens is 1. The van der Waals surface area contributed by atoms with E-state index in [4.69, 9.17) is 21.1 Å². The maximum Gasteiger partial charge on any atom is 0.137 e. The Bertz CT molecular complexity index is 402. The van der Waals surface area contributed by atoms with Crippen molar-refractivity contribution >= 4 is 11.6 Å². The lowest BCUT2D eigenvalue weighted by molar-refractivity contribution is 0.00212. The molecule has 1 aliphatic rings. The number of aliphatic hydroxyl groups is 1. The van der Waals surface area contributed by atoms with Gasteiger partial charge in [0, 0.05) is 6.61 Å². The lowest BCUT2D eigenvalue weighted by atomic mass is 9.99. The van der Waals surface area contributed by atoms with Crippen LogP contribution in [-0.2, 0) is 4.74 Å². The molecule has 4 heteroatoms. The normalized spacial score (nSPS) is 21.1. The summed E-state index contributed by atoms with van der Waals surface area (Å²) < 4.78 is 10.8. The van der Waals surface area contributed by atoms with Gasteiger partial charge in [0.15, 0.2) is 0 Å². The zero-order valence-corrected chi connectivity index (χ0v) is 12.0. The number of hydrogen-bond donors (Lipinski definition) is 1. The average Bonchev–Trinajstić information content (AvgIpc) is 2.46. The summed E-state index contributed by atoms with van der Waals surface area (Å²) in [4.78, 5) is 0. The molecule has 19 heavy (non-hydrogen) atoms. The zero-order chi connectivity index (χ0) is 13.7. The van der Waals surface area contributed by atoms with Crippen molar-refractivity contribution < 1.29 is 14.6 Å². The minimum absolute atomic E-state index is 0.303. The van der Waals surface area contributed by atoms with Gasteiger partial charge in [-0.2, -0.15) is 0 Å². The summed E-state index contributed by atoms with van der Waals surface area (Å²) in [7, 11) is 1.58. The van der Waals surface area contributed by atoms with Gasteiger partial charge in [-0.25, -0.2) is 0 Å². The fourth-order valence-corrected chi connectivity index (χ4v) is 2.62. The van der Waals surface area contributed by atoms with Gasteiger partial charge >= 0.3 is 0 Å². The Morgan fingerprint density at radius 3 is 3.00 bits per heavy atom. The van der Waals surface area contributed by atoms with Crippen LogP contribution >= 0.6 is 11.6 Å². The average molecular weight is 285 g/mol. The van der Waals surface area contributed by atoms with E-state index in [0.29, 0.717) is 23.3 Å². The second kappa shape index (κ2) is 7.13. The van der Waals surface area contributed by atoms with Crippen LogP contribution in [-0.4, -0.2) is 24.9 Å². The standard InChI is InChI=1S/C15H21ClO3/c1-18-15-10-11(5-7-13(15)16)14(17)8-6-12-4-2-3-9-19-12/h5,7,10,12,14,17H,2-4,6,8-9H2,1H3. The molecule has 3 nitrogen and oxygen atoms in total. The number of rotatable bonds is 5. The van der Waals surface area contributed by atoms with Gasteiger partial charge in [0.05, 0.1) is 24.3 Å². The summed E-state index contributed by atoms with van der Waals surface area (Å²) in [6.45, 7) is 0.857. The first-order chi connectivity index (χ1) is 9.20. The van der Waals surface area contributed by atoms with Crippen LogP contribution in [0.15, 0.2) is 18.2 Å². The highest BCUT2D eigenvalue weighted by molar-refractivity contribution is 6.32. The van der Waals surface area contributed by atoms with Crippen molar-refractivity contribution in [1.29, 1.82) is 0 Å². The molecular formula is C15H21ClO3. The predicted molar refractivity (Wildman–Crippen MR) is 75.8 cm³/mol. The molecule has 0 bridgehead atoms. The van der Waals surface area contributed by atoms with Gasteiger partial charge in [0.1, 0.15) is 5.75 Å². The van der Waals surface area contributed by atoms with Crippen molar-refractivity contribution in [2.24, 2.45) is 0 Å². The Hall–Kier alpha value is -0.770. The molecule has 0 radical (unpaired) electrons. The number of ether oxygens (including phenoxy) is 2. The lowest BCUT2D eigenvalue weighted by Gasteiger charge is -2.23. The van der Waals surface area contributed by atoms with E-state index in [0.717, 1.165) is 31.4 Å². The molecule has 1 saturated heterocycles. The van der Waals surface area contributed by atoms with Crippen molar-refractivity contribution in [2.45, 2.75) is 44.3 Å². The van der Waals surface area contributed by atoms with Gasteiger partial charge < -0.3 is 14.6 Å². The molecule has 1 fully saturated rings. The Morgan fingerprint density at radius 1 is 1.47 bits per heavy atom. The van der Waals surface area contributed by atoms with Crippen molar-refractivity contribution in [3.63, 3.8) is 0 Å². The van der Waals surface area contributed by atoms with E-state index in [2.05, 4.69) is 0 Å². The lowest BCUT2D eigenvalue weighted by Crippen LogP contribution is -2.19. The molecule has 2 rings (SSSR count). The molecule has 1 heterocycles. The molecule has 0 aliphatic carbocycles. The number of hydrogen-bond acceptors (Lipinski definition) is 3. The third kappa shape index (κ3) is 4.10. The van der Waals surface area contributed by atoms with Gasteiger partial charge in [-0.1, -0.05) is 17.7 Å². The van der Waals surface area contributed by atoms with E-state index >= 15 is 0 Å². The molecule has 1 aliphatic heterocycles. The van der Waals surface area contributed by atoms with Crippen LogP contribution in [0.4, 0.5) is 0 Å². The summed E-state index contributed by atoms with van der Waals surface area (Å²) >= 11 is 5.97. The third-order valence-corrected chi connectivity index (χ3v) is 3.91. The smallest absolute Gasteiger partial charge is 0.137 e. The quantitative estimate of drug-likeness (QED) is 0.895. The van der Waals surface area contributed by atoms with Crippen molar-refractivity contribution in [3.05, 3.63) is 28.8 Å². The van der Waals surface area contributed by atoms with Crippen LogP contribution < -0.4 is 4.74 Å². The Labute approximate surface area is 119 Å². The molecule has 1 N–H and O–H groups in total. The Balaban J connectivity index is 1.89. The minimum atomic E-state index is -0.489. The van der Waals surface area contributed by atoms with Crippen LogP contribution in [0, 0.1) is 0 Å². The van der Waals surface area contributed by atoms with Crippen LogP contribution in [0.5, 0.6) is 5.75 Å². The summed E-state index contributed by atoms with van der Waals surface area (Å²) in [5.74, 6) is 0.604. The monoisotopic (exact) mass is 284 g/mol. The predicted octanol–water partition coefficient (Wildman–Crippen LogP) is 3.73. The van der Waals surface area contributed by atoms with Crippen molar-refractivity contribution in [1.82, 2.24) is 0 Å². The minimum Gasteiger partial charge on any atom is -0.495 e. The first-order valence-corrected chi connectivity index (χ1v) is 7.21. The van der Waals surface area contributed by atoms with E-state index < -0.39 is 6.10 Å². The fourth-order valence-electron chi connectivity index (χ4n) is 2.43. The molecule has 2 atom stereocenters. The van der Waals surface area contributed by atoms with Crippen LogP contribution in [0.2, 0.25) is 5.02 Å². The Kier molecular flexibility index (Phi) is 5.49. The maximum atomic E-state index is 10.2. The highest BCUT2D eigenvalue weighted by atomic mass is 35.5. The van der Waals surface area contributed by atoms with Crippen molar-refractivity contribution in [3.8, 4) is 5.75 Å². The first kappa shape index (κ1) is 14.6. The van der Waals surface area contributed by atoms with Crippen LogP contribution in [0.1, 0.15) is 43.8 Å². The molecule has 1 aromatic carbocycles. The largest absolute Gasteiger partial charge is 0.495 e. The highest BCUT2D eigenvalue weighted by Gasteiger charge is 2.17. The van der Waals surface area contributed by atoms with Gasteiger partial charge in [-0.15, -0.1) is 0 Å². The van der Waals surface area contributed by atoms with E-state index in [1.807, 2.05) is 6.07 Å². The fraction of sp³-hybridized carbons (Fsp3) is 0.600. The molecule has 0 saturated carbocycles. The summed E-state index contributed by atoms with van der Waals surface area (Å²) in [5.41, 5.74) is 0.844. The summed E-state index contributed by atoms with van der Waals surface area (Å²) in [6, 6.07) is 5.40. The van der Waals surface area contributed by atoms with Gasteiger partial charge in [0.25, 0.3) is 0 Å². The SMILES string of the molecule is COc1cc(C(O)CCC2CCCCO2)ccc1Cl. The van der Waals surface area contributed by atoms with E-state index in [1.165, 1.54) is 6.42 Å². The number of methoxy groups -OCH3 is 1. The second-order valence-corrected chi connectivity index (χ2v) is 5.38. The summed E-state index contributed by atoms with van der Waals surface area (Å²) in [6.07, 6.45) is 4.91. The van der Waals surface area contributed by atoms with Gasteiger partial charge in [-0.3, -0.25) is 0 Å². The molecule has 0 aromatic heterocycles. The topological polar surface area (TPSA) is 38.7 Å². The van der Waals surface area contributed by atoms with E-state index in [9.17, 15) is 5.11 Å². The molecular weight excluding hydrogens is 264 g/mol. The highest BCUT2D eigenvalue weighted by Crippen LogP contribution is 2.30. The molecule has 0 spiro atoms. The number of aliphatic hydroxyl groups excluding tert-OH is 1. The van der Waals surface area contributed by atoms with Crippen molar-refractivity contribution in [2.75, 3.05) is 13.7 Å². The molecule has 0 amide bonds. The van der Waals surface area contributed by atoms with E-state index in [-0.39, 0.29) is 0 Å². The first-order valence-electron chi connectivity index (χ1n) is 6.84. The Morgan fingerprint density at radius 2 is 2.32 bits per heavy atom. The van der Waals surface area contributed by atoms with Crippen LogP contribution in [0.3, 0.4) is 0 Å². The third-order valence-electron chi connectivity index (χ3n) is 3.60. The van der Waals surface area contributed by atoms with Crippen LogP contribution in [0.25, 0.3) is 0 Å². The summed E-state index contributed by atoms with van der Waals surface area (Å²) in [5, 5.41) is 10.8. The van der Waals surface area contributed by atoms with Gasteiger partial charge in [-0.05, 0) is 49.8 Å². The van der Waals surface area contributed by atoms with E-state index in [1.54, 1.807) is 19.2 Å². The zero-order valence-electron chi connectivity index (χ0n) is 11.3.